The topological polar surface area (TPSA) is 52.9 Å². The van der Waals surface area contributed by atoms with E-state index in [-0.39, 0.29) is 5.69 Å². The summed E-state index contributed by atoms with van der Waals surface area (Å²) in [5.41, 5.74) is -1.16. The van der Waals surface area contributed by atoms with Gasteiger partial charge in [-0.25, -0.2) is 8.78 Å². The Labute approximate surface area is 103 Å². The molecule has 1 amide bonds. The highest BCUT2D eigenvalue weighted by molar-refractivity contribution is 5.97. The summed E-state index contributed by atoms with van der Waals surface area (Å²) in [7, 11) is 0. The van der Waals surface area contributed by atoms with Gasteiger partial charge in [0, 0.05) is 6.07 Å². The Kier molecular flexibility index (Phi) is 3.28. The molecule has 1 aromatic rings. The van der Waals surface area contributed by atoms with E-state index >= 15 is 0 Å². The maximum absolute atomic E-state index is 13.4. The van der Waals surface area contributed by atoms with Crippen molar-refractivity contribution in [2.75, 3.05) is 5.32 Å². The standard InChI is InChI=1S/C13H12F2N2O/c14-9-3-4-11(10(15)7-9)17-12(18)13(8-16)5-1-2-6-13/h3-4,7H,1-2,5-6H2,(H,17,18). The van der Waals surface area contributed by atoms with Gasteiger partial charge in [-0.2, -0.15) is 5.26 Å². The molecule has 0 aromatic heterocycles. The van der Waals surface area contributed by atoms with Crippen LogP contribution in [0.1, 0.15) is 25.7 Å². The van der Waals surface area contributed by atoms with Gasteiger partial charge in [0.05, 0.1) is 11.8 Å². The summed E-state index contributed by atoms with van der Waals surface area (Å²) in [6, 6.07) is 4.93. The maximum atomic E-state index is 13.4. The summed E-state index contributed by atoms with van der Waals surface area (Å²) in [5.74, 6) is -2.05. The molecular weight excluding hydrogens is 238 g/mol. The van der Waals surface area contributed by atoms with Gasteiger partial charge in [0.15, 0.2) is 0 Å². The molecule has 0 heterocycles. The van der Waals surface area contributed by atoms with Gasteiger partial charge in [-0.3, -0.25) is 4.79 Å². The normalized spacial score (nSPS) is 17.2. The van der Waals surface area contributed by atoms with E-state index in [1.54, 1.807) is 0 Å². The fourth-order valence-corrected chi connectivity index (χ4v) is 2.20. The van der Waals surface area contributed by atoms with Crippen LogP contribution in [0, 0.1) is 28.4 Å². The van der Waals surface area contributed by atoms with Gasteiger partial charge in [-0.05, 0) is 25.0 Å². The lowest BCUT2D eigenvalue weighted by Gasteiger charge is -2.19. The average Bonchev–Trinajstić information content (AvgIpc) is 2.82. The molecule has 1 aliphatic rings. The van der Waals surface area contributed by atoms with Crippen LogP contribution in [0.3, 0.4) is 0 Å². The van der Waals surface area contributed by atoms with Crippen molar-refractivity contribution in [1.82, 2.24) is 0 Å². The van der Waals surface area contributed by atoms with Crippen molar-refractivity contribution in [2.45, 2.75) is 25.7 Å². The molecule has 0 aliphatic heterocycles. The number of rotatable bonds is 2. The summed E-state index contributed by atoms with van der Waals surface area (Å²) >= 11 is 0. The van der Waals surface area contributed by atoms with Gasteiger partial charge < -0.3 is 5.32 Å². The smallest absolute Gasteiger partial charge is 0.244 e. The molecule has 1 aromatic carbocycles. The average molecular weight is 250 g/mol. The number of nitrogens with one attached hydrogen (secondary N) is 1. The third-order valence-corrected chi connectivity index (χ3v) is 3.29. The third-order valence-electron chi connectivity index (χ3n) is 3.29. The second-order valence-electron chi connectivity index (χ2n) is 4.48. The first kappa shape index (κ1) is 12.5. The number of benzene rings is 1. The van der Waals surface area contributed by atoms with Gasteiger partial charge in [0.25, 0.3) is 0 Å². The summed E-state index contributed by atoms with van der Waals surface area (Å²) in [4.78, 5) is 12.0. The number of anilines is 1. The summed E-state index contributed by atoms with van der Waals surface area (Å²) < 4.78 is 26.1. The number of amides is 1. The zero-order valence-electron chi connectivity index (χ0n) is 9.67. The van der Waals surface area contributed by atoms with Crippen molar-refractivity contribution in [3.05, 3.63) is 29.8 Å². The Morgan fingerprint density at radius 3 is 2.56 bits per heavy atom. The highest BCUT2D eigenvalue weighted by Crippen LogP contribution is 2.38. The molecule has 3 nitrogen and oxygen atoms in total. The van der Waals surface area contributed by atoms with E-state index in [9.17, 15) is 13.6 Å². The zero-order valence-corrected chi connectivity index (χ0v) is 9.67. The van der Waals surface area contributed by atoms with Crippen LogP contribution < -0.4 is 5.32 Å². The highest BCUT2D eigenvalue weighted by Gasteiger charge is 2.41. The quantitative estimate of drug-likeness (QED) is 0.877. The molecule has 0 saturated heterocycles. The molecule has 94 valence electrons. The Balaban J connectivity index is 2.19. The predicted molar refractivity (Wildman–Crippen MR) is 61.5 cm³/mol. The van der Waals surface area contributed by atoms with E-state index in [2.05, 4.69) is 5.32 Å². The van der Waals surface area contributed by atoms with Crippen LogP contribution in [0.5, 0.6) is 0 Å². The summed E-state index contributed by atoms with van der Waals surface area (Å²) in [5, 5.41) is 11.5. The van der Waals surface area contributed by atoms with Crippen molar-refractivity contribution >= 4 is 11.6 Å². The van der Waals surface area contributed by atoms with Crippen molar-refractivity contribution in [2.24, 2.45) is 5.41 Å². The lowest BCUT2D eigenvalue weighted by atomic mass is 9.87. The second kappa shape index (κ2) is 4.73. The Morgan fingerprint density at radius 2 is 2.00 bits per heavy atom. The predicted octanol–water partition coefficient (Wildman–Crippen LogP) is 2.99. The van der Waals surface area contributed by atoms with Crippen molar-refractivity contribution in [3.8, 4) is 6.07 Å². The van der Waals surface area contributed by atoms with Crippen molar-refractivity contribution < 1.29 is 13.6 Å². The van der Waals surface area contributed by atoms with E-state index in [0.717, 1.165) is 25.0 Å². The largest absolute Gasteiger partial charge is 0.322 e. The van der Waals surface area contributed by atoms with Crippen LogP contribution in [0.4, 0.5) is 14.5 Å². The molecule has 0 atom stereocenters. The molecule has 1 saturated carbocycles. The fourth-order valence-electron chi connectivity index (χ4n) is 2.20. The van der Waals surface area contributed by atoms with Crippen LogP contribution in [-0.4, -0.2) is 5.91 Å². The Hall–Kier alpha value is -1.96. The number of carbonyl (C=O) groups excluding carboxylic acids is 1. The molecule has 0 unspecified atom stereocenters. The molecule has 1 N–H and O–H groups in total. The highest BCUT2D eigenvalue weighted by atomic mass is 19.1. The first-order chi connectivity index (χ1) is 8.57. The molecule has 0 bridgehead atoms. The first-order valence-corrected chi connectivity index (χ1v) is 5.75. The lowest BCUT2D eigenvalue weighted by molar-refractivity contribution is -0.122. The molecule has 0 radical (unpaired) electrons. The van der Waals surface area contributed by atoms with E-state index in [1.807, 2.05) is 6.07 Å². The van der Waals surface area contributed by atoms with Crippen LogP contribution >= 0.6 is 0 Å². The van der Waals surface area contributed by atoms with Gasteiger partial charge in [0.1, 0.15) is 17.0 Å². The molecule has 1 aliphatic carbocycles. The number of nitrogens with zero attached hydrogens (tertiary/aromatic N) is 1. The van der Waals surface area contributed by atoms with Crippen LogP contribution in [0.15, 0.2) is 18.2 Å². The fraction of sp³-hybridized carbons (Fsp3) is 0.385. The van der Waals surface area contributed by atoms with Crippen LogP contribution in [0.2, 0.25) is 0 Å². The van der Waals surface area contributed by atoms with E-state index in [4.69, 9.17) is 5.26 Å². The minimum absolute atomic E-state index is 0.0945. The van der Waals surface area contributed by atoms with E-state index in [1.165, 1.54) is 0 Å². The third kappa shape index (κ3) is 2.19. The number of hydrogen-bond donors (Lipinski definition) is 1. The molecule has 0 spiro atoms. The van der Waals surface area contributed by atoms with Gasteiger partial charge in [-0.15, -0.1) is 0 Å². The SMILES string of the molecule is N#CC1(C(=O)Nc2ccc(F)cc2F)CCCC1. The number of carbonyl (C=O) groups is 1. The van der Waals surface area contributed by atoms with Crippen LogP contribution in [-0.2, 0) is 4.79 Å². The van der Waals surface area contributed by atoms with Gasteiger partial charge in [-0.1, -0.05) is 12.8 Å². The number of nitriles is 1. The zero-order chi connectivity index (χ0) is 13.2. The molecule has 2 rings (SSSR count). The van der Waals surface area contributed by atoms with Gasteiger partial charge >= 0.3 is 0 Å². The monoisotopic (exact) mass is 250 g/mol. The second-order valence-corrected chi connectivity index (χ2v) is 4.48. The Morgan fingerprint density at radius 1 is 1.33 bits per heavy atom. The van der Waals surface area contributed by atoms with Crippen molar-refractivity contribution in [3.63, 3.8) is 0 Å². The molecule has 18 heavy (non-hydrogen) atoms. The van der Waals surface area contributed by atoms with Crippen LogP contribution in [0.25, 0.3) is 0 Å². The van der Waals surface area contributed by atoms with E-state index in [0.29, 0.717) is 18.9 Å². The molecular formula is C13H12F2N2O. The van der Waals surface area contributed by atoms with Crippen molar-refractivity contribution in [1.29, 1.82) is 5.26 Å². The molecule has 5 heteroatoms. The maximum Gasteiger partial charge on any atom is 0.244 e. The lowest BCUT2D eigenvalue weighted by Crippen LogP contribution is -2.32. The minimum atomic E-state index is -1.07. The number of halogens is 2. The van der Waals surface area contributed by atoms with Gasteiger partial charge in [0.2, 0.25) is 5.91 Å². The first-order valence-electron chi connectivity index (χ1n) is 5.75. The molecule has 1 fully saturated rings. The summed E-state index contributed by atoms with van der Waals surface area (Å²) in [6.07, 6.45) is 2.59. The summed E-state index contributed by atoms with van der Waals surface area (Å²) in [6.45, 7) is 0. The van der Waals surface area contributed by atoms with E-state index < -0.39 is 23.0 Å². The Bertz CT molecular complexity index is 516. The number of hydrogen-bond acceptors (Lipinski definition) is 2. The minimum Gasteiger partial charge on any atom is -0.322 e.